The van der Waals surface area contributed by atoms with Gasteiger partial charge in [0.25, 0.3) is 0 Å². The van der Waals surface area contributed by atoms with Crippen LogP contribution in [0.15, 0.2) is 0 Å². The Hall–Kier alpha value is -0.0800. The summed E-state index contributed by atoms with van der Waals surface area (Å²) in [5, 5.41) is 12.5. The Balaban J connectivity index is 2.24. The summed E-state index contributed by atoms with van der Waals surface area (Å²) in [4.78, 5) is 0. The van der Waals surface area contributed by atoms with Crippen LogP contribution >= 0.6 is 0 Å². The maximum absolute atomic E-state index is 8.78. The Labute approximate surface area is 94.5 Å². The van der Waals surface area contributed by atoms with Gasteiger partial charge < -0.3 is 10.4 Å². The van der Waals surface area contributed by atoms with E-state index in [1.54, 1.807) is 0 Å². The highest BCUT2D eigenvalue weighted by Gasteiger charge is 2.24. The van der Waals surface area contributed by atoms with E-state index in [1.165, 1.54) is 19.3 Å². The standard InChI is InChI=1S/C13H27NO/c1-10-7-11(2)9-13(8-10)14-12(3)5-4-6-15/h10-15H,4-9H2,1-3H3/t10-,11+,12-,13?/m1/s1. The molecule has 4 atom stereocenters. The van der Waals surface area contributed by atoms with Gasteiger partial charge in [-0.3, -0.25) is 0 Å². The normalized spacial score (nSPS) is 34.0. The van der Waals surface area contributed by atoms with E-state index in [0.29, 0.717) is 18.7 Å². The molecule has 2 nitrogen and oxygen atoms in total. The first-order valence-corrected chi connectivity index (χ1v) is 6.48. The highest BCUT2D eigenvalue weighted by Crippen LogP contribution is 2.28. The molecule has 2 N–H and O–H groups in total. The molecular weight excluding hydrogens is 186 g/mol. The van der Waals surface area contributed by atoms with E-state index in [9.17, 15) is 0 Å². The third kappa shape index (κ3) is 4.98. The lowest BCUT2D eigenvalue weighted by Crippen LogP contribution is -2.41. The predicted molar refractivity (Wildman–Crippen MR) is 64.9 cm³/mol. The fourth-order valence-electron chi connectivity index (χ4n) is 2.97. The van der Waals surface area contributed by atoms with Crippen LogP contribution in [0.25, 0.3) is 0 Å². The van der Waals surface area contributed by atoms with Crippen molar-refractivity contribution in [1.29, 1.82) is 0 Å². The molecule has 0 aromatic rings. The molecule has 0 aromatic carbocycles. The van der Waals surface area contributed by atoms with Gasteiger partial charge in [0.2, 0.25) is 0 Å². The second-order valence-electron chi connectivity index (χ2n) is 5.55. The van der Waals surface area contributed by atoms with Crippen LogP contribution in [0.5, 0.6) is 0 Å². The molecule has 15 heavy (non-hydrogen) atoms. The van der Waals surface area contributed by atoms with Crippen LogP contribution in [0.3, 0.4) is 0 Å². The van der Waals surface area contributed by atoms with E-state index in [0.717, 1.165) is 24.7 Å². The topological polar surface area (TPSA) is 32.3 Å². The lowest BCUT2D eigenvalue weighted by Gasteiger charge is -2.34. The minimum atomic E-state index is 0.323. The average molecular weight is 213 g/mol. The van der Waals surface area contributed by atoms with Crippen LogP contribution in [0.2, 0.25) is 0 Å². The summed E-state index contributed by atoms with van der Waals surface area (Å²) in [6.45, 7) is 7.29. The summed E-state index contributed by atoms with van der Waals surface area (Å²) in [6.07, 6.45) is 6.06. The SMILES string of the molecule is C[C@@H]1CC(N[C@H](C)CCCO)C[C@H](C)C1. The van der Waals surface area contributed by atoms with Crippen molar-refractivity contribution in [2.75, 3.05) is 6.61 Å². The van der Waals surface area contributed by atoms with Crippen molar-refractivity contribution in [2.45, 2.75) is 65.0 Å². The van der Waals surface area contributed by atoms with E-state index < -0.39 is 0 Å². The van der Waals surface area contributed by atoms with Gasteiger partial charge >= 0.3 is 0 Å². The van der Waals surface area contributed by atoms with E-state index >= 15 is 0 Å². The summed E-state index contributed by atoms with van der Waals surface area (Å²) in [5.41, 5.74) is 0. The van der Waals surface area contributed by atoms with E-state index in [4.69, 9.17) is 5.11 Å². The Kier molecular flexibility index (Phi) is 5.62. The van der Waals surface area contributed by atoms with Crippen molar-refractivity contribution in [3.8, 4) is 0 Å². The molecule has 0 radical (unpaired) electrons. The number of aliphatic hydroxyl groups is 1. The second kappa shape index (κ2) is 6.49. The number of hydrogen-bond acceptors (Lipinski definition) is 2. The highest BCUT2D eigenvalue weighted by atomic mass is 16.2. The Bertz CT molecular complexity index is 162. The Morgan fingerprint density at radius 2 is 1.80 bits per heavy atom. The van der Waals surface area contributed by atoms with Gasteiger partial charge in [-0.1, -0.05) is 13.8 Å². The van der Waals surface area contributed by atoms with Gasteiger partial charge in [-0.05, 0) is 50.9 Å². The molecule has 0 spiro atoms. The maximum Gasteiger partial charge on any atom is 0.0431 e. The predicted octanol–water partition coefficient (Wildman–Crippen LogP) is 2.56. The lowest BCUT2D eigenvalue weighted by molar-refractivity contribution is 0.219. The monoisotopic (exact) mass is 213 g/mol. The first kappa shape index (κ1) is 13.0. The van der Waals surface area contributed by atoms with E-state index in [2.05, 4.69) is 26.1 Å². The van der Waals surface area contributed by atoms with Crippen LogP contribution in [0.4, 0.5) is 0 Å². The third-order valence-corrected chi connectivity index (χ3v) is 3.49. The quantitative estimate of drug-likeness (QED) is 0.735. The largest absolute Gasteiger partial charge is 0.396 e. The van der Waals surface area contributed by atoms with E-state index in [-0.39, 0.29) is 0 Å². The molecule has 0 aromatic heterocycles. The first-order valence-electron chi connectivity index (χ1n) is 6.48. The fourth-order valence-corrected chi connectivity index (χ4v) is 2.97. The average Bonchev–Trinajstić information content (AvgIpc) is 2.13. The van der Waals surface area contributed by atoms with Crippen molar-refractivity contribution < 1.29 is 5.11 Å². The molecule has 0 amide bonds. The summed E-state index contributed by atoms with van der Waals surface area (Å²) < 4.78 is 0. The number of nitrogens with one attached hydrogen (secondary N) is 1. The van der Waals surface area contributed by atoms with Crippen LogP contribution < -0.4 is 5.32 Å². The van der Waals surface area contributed by atoms with Crippen molar-refractivity contribution in [2.24, 2.45) is 11.8 Å². The van der Waals surface area contributed by atoms with Gasteiger partial charge in [0, 0.05) is 18.7 Å². The summed E-state index contributed by atoms with van der Waals surface area (Å²) in [5.74, 6) is 1.74. The minimum absolute atomic E-state index is 0.323. The van der Waals surface area contributed by atoms with Gasteiger partial charge in [-0.25, -0.2) is 0 Å². The fraction of sp³-hybridized carbons (Fsp3) is 1.00. The molecule has 1 fully saturated rings. The molecule has 1 aliphatic carbocycles. The summed E-state index contributed by atoms with van der Waals surface area (Å²) in [6, 6.07) is 1.26. The molecule has 2 heteroatoms. The molecule has 1 saturated carbocycles. The highest BCUT2D eigenvalue weighted by molar-refractivity contribution is 4.81. The molecule has 1 rings (SSSR count). The number of aliphatic hydroxyl groups excluding tert-OH is 1. The summed E-state index contributed by atoms with van der Waals surface area (Å²) >= 11 is 0. The number of rotatable bonds is 5. The zero-order valence-electron chi connectivity index (χ0n) is 10.5. The zero-order chi connectivity index (χ0) is 11.3. The maximum atomic E-state index is 8.78. The smallest absolute Gasteiger partial charge is 0.0431 e. The molecule has 0 aliphatic heterocycles. The van der Waals surface area contributed by atoms with Gasteiger partial charge in [0.05, 0.1) is 0 Å². The van der Waals surface area contributed by atoms with Crippen molar-refractivity contribution in [3.05, 3.63) is 0 Å². The molecular formula is C13H27NO. The third-order valence-electron chi connectivity index (χ3n) is 3.49. The van der Waals surface area contributed by atoms with Gasteiger partial charge in [-0.15, -0.1) is 0 Å². The molecule has 1 aliphatic rings. The van der Waals surface area contributed by atoms with Crippen LogP contribution in [0, 0.1) is 11.8 Å². The number of hydrogen-bond donors (Lipinski definition) is 2. The Morgan fingerprint density at radius 3 is 2.33 bits per heavy atom. The molecule has 0 heterocycles. The second-order valence-corrected chi connectivity index (χ2v) is 5.55. The van der Waals surface area contributed by atoms with Crippen LogP contribution in [-0.2, 0) is 0 Å². The molecule has 0 bridgehead atoms. The van der Waals surface area contributed by atoms with Gasteiger partial charge in [0.1, 0.15) is 0 Å². The first-order chi connectivity index (χ1) is 7.11. The van der Waals surface area contributed by atoms with Gasteiger partial charge in [0.15, 0.2) is 0 Å². The minimum Gasteiger partial charge on any atom is -0.396 e. The van der Waals surface area contributed by atoms with E-state index in [1.807, 2.05) is 0 Å². The van der Waals surface area contributed by atoms with Crippen LogP contribution in [-0.4, -0.2) is 23.8 Å². The molecule has 0 saturated heterocycles. The Morgan fingerprint density at radius 1 is 1.20 bits per heavy atom. The summed E-state index contributed by atoms with van der Waals surface area (Å²) in [7, 11) is 0. The van der Waals surface area contributed by atoms with Crippen molar-refractivity contribution in [3.63, 3.8) is 0 Å². The van der Waals surface area contributed by atoms with Crippen molar-refractivity contribution >= 4 is 0 Å². The van der Waals surface area contributed by atoms with Gasteiger partial charge in [-0.2, -0.15) is 0 Å². The molecule has 90 valence electrons. The zero-order valence-corrected chi connectivity index (χ0v) is 10.5. The van der Waals surface area contributed by atoms with Crippen LogP contribution in [0.1, 0.15) is 52.9 Å². The lowest BCUT2D eigenvalue weighted by atomic mass is 9.80. The molecule has 1 unspecified atom stereocenters. The van der Waals surface area contributed by atoms with Crippen molar-refractivity contribution in [1.82, 2.24) is 5.32 Å².